The maximum Gasteiger partial charge on any atom is 0.0619 e. The van der Waals surface area contributed by atoms with Crippen molar-refractivity contribution in [3.8, 4) is 5.69 Å². The van der Waals surface area contributed by atoms with Gasteiger partial charge < -0.3 is 10.3 Å². The summed E-state index contributed by atoms with van der Waals surface area (Å²) >= 11 is 0. The third-order valence-corrected chi connectivity index (χ3v) is 5.40. The van der Waals surface area contributed by atoms with E-state index in [1.54, 1.807) is 12.3 Å². The molecule has 28 heavy (non-hydrogen) atoms. The van der Waals surface area contributed by atoms with Crippen LogP contribution in [-0.2, 0) is 0 Å². The molecule has 0 spiro atoms. The molecular weight excluding hydrogens is 340 g/mol. The van der Waals surface area contributed by atoms with Crippen molar-refractivity contribution >= 4 is 38.2 Å². The monoisotopic (exact) mass is 360 g/mol. The van der Waals surface area contributed by atoms with E-state index in [1.165, 1.54) is 27.1 Å². The summed E-state index contributed by atoms with van der Waals surface area (Å²) < 4.78 is 2.35. The molecule has 2 nitrogen and oxygen atoms in total. The molecule has 1 aromatic heterocycles. The molecule has 0 bridgehead atoms. The molecule has 5 rings (SSSR count). The smallest absolute Gasteiger partial charge is 0.0619 e. The van der Waals surface area contributed by atoms with Gasteiger partial charge in [0.25, 0.3) is 0 Å². The summed E-state index contributed by atoms with van der Waals surface area (Å²) in [5.74, 6) is 0. The minimum atomic E-state index is 0.927. The van der Waals surface area contributed by atoms with Crippen molar-refractivity contribution in [1.82, 2.24) is 4.57 Å². The molecule has 5 aromatic rings. The van der Waals surface area contributed by atoms with E-state index in [0.29, 0.717) is 0 Å². The van der Waals surface area contributed by atoms with Crippen LogP contribution in [-0.4, -0.2) is 4.57 Å². The largest absolute Gasteiger partial charge is 0.404 e. The van der Waals surface area contributed by atoms with Crippen molar-refractivity contribution in [2.45, 2.75) is 0 Å². The number of rotatable bonds is 3. The van der Waals surface area contributed by atoms with E-state index in [2.05, 4.69) is 90.0 Å². The Labute approximate surface area is 163 Å². The van der Waals surface area contributed by atoms with Gasteiger partial charge in [-0.2, -0.15) is 0 Å². The van der Waals surface area contributed by atoms with Crippen molar-refractivity contribution in [3.05, 3.63) is 109 Å². The van der Waals surface area contributed by atoms with Gasteiger partial charge in [0.2, 0.25) is 0 Å². The van der Waals surface area contributed by atoms with Gasteiger partial charge in [0, 0.05) is 28.0 Å². The molecule has 0 radical (unpaired) electrons. The van der Waals surface area contributed by atoms with Crippen molar-refractivity contribution in [2.75, 3.05) is 0 Å². The van der Waals surface area contributed by atoms with Gasteiger partial charge in [0.05, 0.1) is 11.0 Å². The van der Waals surface area contributed by atoms with Crippen molar-refractivity contribution < 1.29 is 0 Å². The molecule has 2 heteroatoms. The van der Waals surface area contributed by atoms with Crippen LogP contribution in [0.4, 0.5) is 0 Å². The molecule has 134 valence electrons. The van der Waals surface area contributed by atoms with Gasteiger partial charge in [-0.05, 0) is 34.7 Å². The SMILES string of the molecule is C=C/C(=C\N)c1ccc2c3ccc4ccccc4c3n(-c3ccccc3)c2c1. The molecular formula is C26H20N2. The van der Waals surface area contributed by atoms with E-state index in [9.17, 15) is 0 Å². The number of benzene rings is 4. The van der Waals surface area contributed by atoms with Gasteiger partial charge in [-0.25, -0.2) is 0 Å². The first kappa shape index (κ1) is 16.4. The van der Waals surface area contributed by atoms with Gasteiger partial charge in [-0.1, -0.05) is 79.4 Å². The average Bonchev–Trinajstić information content (AvgIpc) is 3.09. The summed E-state index contributed by atoms with van der Waals surface area (Å²) in [7, 11) is 0. The second-order valence-corrected chi connectivity index (χ2v) is 6.91. The predicted molar refractivity (Wildman–Crippen MR) is 121 cm³/mol. The molecule has 0 aliphatic carbocycles. The van der Waals surface area contributed by atoms with Gasteiger partial charge in [-0.15, -0.1) is 0 Å². The van der Waals surface area contributed by atoms with Crippen LogP contribution >= 0.6 is 0 Å². The summed E-state index contributed by atoms with van der Waals surface area (Å²) in [5, 5.41) is 4.97. The molecule has 1 heterocycles. The number of hydrogen-bond acceptors (Lipinski definition) is 1. The topological polar surface area (TPSA) is 30.9 Å². The molecule has 0 aliphatic heterocycles. The number of aromatic nitrogens is 1. The summed E-state index contributed by atoms with van der Waals surface area (Å²) in [5.41, 5.74) is 11.3. The second kappa shape index (κ2) is 6.43. The standard InChI is InChI=1S/C26H20N2/c1-2-18(17-27)20-13-14-23-24-15-12-19-8-6-7-11-22(19)26(24)28(25(23)16-20)21-9-4-3-5-10-21/h2-17H,1,27H2/b18-17+. The van der Waals surface area contributed by atoms with Crippen LogP contribution in [0.3, 0.4) is 0 Å². The Morgan fingerprint density at radius 1 is 0.786 bits per heavy atom. The molecule has 2 N–H and O–H groups in total. The molecule has 0 saturated heterocycles. The van der Waals surface area contributed by atoms with E-state index >= 15 is 0 Å². The van der Waals surface area contributed by atoms with E-state index in [4.69, 9.17) is 5.73 Å². The number of para-hydroxylation sites is 1. The van der Waals surface area contributed by atoms with E-state index < -0.39 is 0 Å². The summed E-state index contributed by atoms with van der Waals surface area (Å²) in [6.07, 6.45) is 3.41. The Kier molecular flexibility index (Phi) is 3.77. The summed E-state index contributed by atoms with van der Waals surface area (Å²) in [6.45, 7) is 3.90. The predicted octanol–water partition coefficient (Wildman–Crippen LogP) is 6.42. The number of allylic oxidation sites excluding steroid dienone is 2. The number of hydrogen-bond donors (Lipinski definition) is 1. The zero-order valence-corrected chi connectivity index (χ0v) is 15.5. The lowest BCUT2D eigenvalue weighted by Gasteiger charge is -2.10. The lowest BCUT2D eigenvalue weighted by molar-refractivity contribution is 1.19. The van der Waals surface area contributed by atoms with Crippen molar-refractivity contribution in [3.63, 3.8) is 0 Å². The first-order valence-corrected chi connectivity index (χ1v) is 9.38. The highest BCUT2D eigenvalue weighted by Gasteiger charge is 2.15. The molecule has 0 saturated carbocycles. The quantitative estimate of drug-likeness (QED) is 0.370. The Morgan fingerprint density at radius 3 is 2.32 bits per heavy atom. The van der Waals surface area contributed by atoms with Crippen LogP contribution < -0.4 is 5.73 Å². The highest BCUT2D eigenvalue weighted by molar-refractivity contribution is 6.18. The van der Waals surface area contributed by atoms with Gasteiger partial charge in [0.1, 0.15) is 0 Å². The summed E-state index contributed by atoms with van der Waals surface area (Å²) in [4.78, 5) is 0. The molecule has 0 aliphatic rings. The normalized spacial score (nSPS) is 12.1. The van der Waals surface area contributed by atoms with Crippen LogP contribution in [0.25, 0.3) is 43.8 Å². The lowest BCUT2D eigenvalue weighted by atomic mass is 10.0. The zero-order valence-electron chi connectivity index (χ0n) is 15.5. The fourth-order valence-corrected chi connectivity index (χ4v) is 4.09. The van der Waals surface area contributed by atoms with Crippen molar-refractivity contribution in [2.24, 2.45) is 5.73 Å². The third kappa shape index (κ3) is 2.35. The third-order valence-electron chi connectivity index (χ3n) is 5.40. The summed E-state index contributed by atoms with van der Waals surface area (Å²) in [6, 6.07) is 30.0. The zero-order chi connectivity index (χ0) is 19.1. The first-order valence-electron chi connectivity index (χ1n) is 9.38. The Bertz CT molecular complexity index is 1370. The molecule has 0 unspecified atom stereocenters. The van der Waals surface area contributed by atoms with Crippen LogP contribution in [0.1, 0.15) is 5.56 Å². The van der Waals surface area contributed by atoms with Crippen LogP contribution in [0.5, 0.6) is 0 Å². The Morgan fingerprint density at radius 2 is 1.54 bits per heavy atom. The minimum Gasteiger partial charge on any atom is -0.404 e. The average molecular weight is 360 g/mol. The van der Waals surface area contributed by atoms with Crippen LogP contribution in [0.15, 0.2) is 104 Å². The van der Waals surface area contributed by atoms with Crippen LogP contribution in [0.2, 0.25) is 0 Å². The molecule has 0 fully saturated rings. The number of nitrogens with two attached hydrogens (primary N) is 1. The lowest BCUT2D eigenvalue weighted by Crippen LogP contribution is -1.95. The number of fused-ring (bicyclic) bond motifs is 5. The van der Waals surface area contributed by atoms with E-state index in [1.807, 2.05) is 6.07 Å². The molecule has 4 aromatic carbocycles. The highest BCUT2D eigenvalue weighted by atomic mass is 15.0. The van der Waals surface area contributed by atoms with Gasteiger partial charge >= 0.3 is 0 Å². The Balaban J connectivity index is 2.01. The first-order chi connectivity index (χ1) is 13.8. The fraction of sp³-hybridized carbons (Fsp3) is 0. The van der Waals surface area contributed by atoms with Crippen LogP contribution in [0, 0.1) is 0 Å². The van der Waals surface area contributed by atoms with Crippen molar-refractivity contribution in [1.29, 1.82) is 0 Å². The minimum absolute atomic E-state index is 0.927. The van der Waals surface area contributed by atoms with Gasteiger partial charge in [0.15, 0.2) is 0 Å². The van der Waals surface area contributed by atoms with E-state index in [-0.39, 0.29) is 0 Å². The Hall–Kier alpha value is -3.78. The maximum absolute atomic E-state index is 5.82. The molecule has 0 atom stereocenters. The number of nitrogens with zero attached hydrogens (tertiary/aromatic N) is 1. The van der Waals surface area contributed by atoms with E-state index in [0.717, 1.165) is 22.3 Å². The molecule has 0 amide bonds. The second-order valence-electron chi connectivity index (χ2n) is 6.91. The fourth-order valence-electron chi connectivity index (χ4n) is 4.09. The highest BCUT2D eigenvalue weighted by Crippen LogP contribution is 2.37. The van der Waals surface area contributed by atoms with Gasteiger partial charge in [-0.3, -0.25) is 0 Å². The maximum atomic E-state index is 5.82.